The summed E-state index contributed by atoms with van der Waals surface area (Å²) in [6.07, 6.45) is 1.89. The maximum Gasteiger partial charge on any atom is 0.266 e. The summed E-state index contributed by atoms with van der Waals surface area (Å²) in [6.45, 7) is 1.86. The molecule has 26 heavy (non-hydrogen) atoms. The zero-order valence-electron chi connectivity index (χ0n) is 14.7. The van der Waals surface area contributed by atoms with Crippen molar-refractivity contribution < 1.29 is 13.9 Å². The zero-order valence-corrected chi connectivity index (χ0v) is 14.7. The second-order valence-corrected chi connectivity index (χ2v) is 6.56. The van der Waals surface area contributed by atoms with Crippen molar-refractivity contribution in [3.8, 4) is 5.75 Å². The first-order chi connectivity index (χ1) is 12.5. The molecule has 7 heteroatoms. The van der Waals surface area contributed by atoms with E-state index in [9.17, 15) is 14.0 Å². The molecule has 1 aliphatic rings. The van der Waals surface area contributed by atoms with E-state index >= 15 is 0 Å². The van der Waals surface area contributed by atoms with Gasteiger partial charge in [0.1, 0.15) is 11.6 Å². The molecule has 0 atom stereocenters. The molecule has 1 aromatic heterocycles. The third-order valence-corrected chi connectivity index (χ3v) is 4.60. The molecule has 0 bridgehead atoms. The van der Waals surface area contributed by atoms with Crippen LogP contribution in [0.2, 0.25) is 0 Å². The number of likely N-dealkylation sites (tertiary alicyclic amines) is 1. The number of aromatic nitrogens is 2. The fourth-order valence-corrected chi connectivity index (χ4v) is 3.03. The van der Waals surface area contributed by atoms with Gasteiger partial charge in [-0.05, 0) is 37.0 Å². The Bertz CT molecular complexity index is 829. The average Bonchev–Trinajstić information content (AvgIpc) is 2.63. The lowest BCUT2D eigenvalue weighted by molar-refractivity contribution is -0.132. The van der Waals surface area contributed by atoms with Gasteiger partial charge in [-0.3, -0.25) is 9.59 Å². The van der Waals surface area contributed by atoms with Crippen molar-refractivity contribution >= 4 is 5.91 Å². The third kappa shape index (κ3) is 4.68. The standard InChI is InChI=1S/C19H22FN3O3/c1-22-18(24)6-5-16(21-22)12-19(25)23-9-7-14(8-10-23)13-26-17-4-2-3-15(20)11-17/h2-6,11,14H,7-10,12-13H2,1H3. The van der Waals surface area contributed by atoms with E-state index in [1.54, 1.807) is 25.2 Å². The van der Waals surface area contributed by atoms with Crippen molar-refractivity contribution in [2.24, 2.45) is 13.0 Å². The van der Waals surface area contributed by atoms with Crippen molar-refractivity contribution in [1.82, 2.24) is 14.7 Å². The van der Waals surface area contributed by atoms with Gasteiger partial charge in [0.25, 0.3) is 5.56 Å². The van der Waals surface area contributed by atoms with Gasteiger partial charge >= 0.3 is 0 Å². The van der Waals surface area contributed by atoms with Crippen LogP contribution in [0.15, 0.2) is 41.2 Å². The largest absolute Gasteiger partial charge is 0.493 e. The predicted octanol–water partition coefficient (Wildman–Crippen LogP) is 1.78. The fraction of sp³-hybridized carbons (Fsp3) is 0.421. The van der Waals surface area contributed by atoms with Gasteiger partial charge in [-0.15, -0.1) is 0 Å². The lowest BCUT2D eigenvalue weighted by Crippen LogP contribution is -2.40. The van der Waals surface area contributed by atoms with Gasteiger partial charge in [-0.2, -0.15) is 5.10 Å². The molecule has 0 saturated carbocycles. The molecule has 1 saturated heterocycles. The van der Waals surface area contributed by atoms with E-state index in [0.29, 0.717) is 37.1 Å². The first-order valence-corrected chi connectivity index (χ1v) is 8.70. The average molecular weight is 359 g/mol. The smallest absolute Gasteiger partial charge is 0.266 e. The Hall–Kier alpha value is -2.70. The lowest BCUT2D eigenvalue weighted by Gasteiger charge is -2.32. The second-order valence-electron chi connectivity index (χ2n) is 6.56. The first kappa shape index (κ1) is 18.1. The molecule has 0 spiro atoms. The highest BCUT2D eigenvalue weighted by molar-refractivity contribution is 5.78. The van der Waals surface area contributed by atoms with Crippen LogP contribution in [0.3, 0.4) is 0 Å². The molecule has 2 heterocycles. The number of halogens is 1. The molecule has 1 aromatic carbocycles. The molecule has 0 N–H and O–H groups in total. The van der Waals surface area contributed by atoms with Crippen LogP contribution in [-0.2, 0) is 18.3 Å². The molecule has 6 nitrogen and oxygen atoms in total. The molecule has 0 unspecified atom stereocenters. The Morgan fingerprint density at radius 1 is 1.27 bits per heavy atom. The number of rotatable bonds is 5. The highest BCUT2D eigenvalue weighted by Crippen LogP contribution is 2.20. The summed E-state index contributed by atoms with van der Waals surface area (Å²) in [5.74, 6) is 0.581. The molecular weight excluding hydrogens is 337 g/mol. The fourth-order valence-electron chi connectivity index (χ4n) is 3.03. The van der Waals surface area contributed by atoms with E-state index < -0.39 is 0 Å². The molecule has 138 valence electrons. The van der Waals surface area contributed by atoms with Crippen molar-refractivity contribution in [3.63, 3.8) is 0 Å². The Morgan fingerprint density at radius 2 is 2.04 bits per heavy atom. The van der Waals surface area contributed by atoms with Gasteiger partial charge in [0.2, 0.25) is 5.91 Å². The second kappa shape index (κ2) is 8.12. The predicted molar refractivity (Wildman–Crippen MR) is 94.4 cm³/mol. The molecule has 1 amide bonds. The molecule has 1 fully saturated rings. The third-order valence-electron chi connectivity index (χ3n) is 4.60. The number of piperidine rings is 1. The van der Waals surface area contributed by atoms with Crippen LogP contribution in [-0.4, -0.2) is 40.3 Å². The Kier molecular flexibility index (Phi) is 5.65. The molecular formula is C19H22FN3O3. The van der Waals surface area contributed by atoms with E-state index in [1.807, 2.05) is 4.90 Å². The number of nitrogens with zero attached hydrogens (tertiary/aromatic N) is 3. The SMILES string of the molecule is Cn1nc(CC(=O)N2CCC(COc3cccc(F)c3)CC2)ccc1=O. The molecule has 2 aromatic rings. The van der Waals surface area contributed by atoms with Gasteiger partial charge < -0.3 is 9.64 Å². The number of carbonyl (C=O) groups is 1. The van der Waals surface area contributed by atoms with Crippen molar-refractivity contribution in [3.05, 3.63) is 58.3 Å². The number of carbonyl (C=O) groups excluding carboxylic acids is 1. The Balaban J connectivity index is 1.46. The van der Waals surface area contributed by atoms with Crippen LogP contribution in [0.5, 0.6) is 5.75 Å². The normalized spacial score (nSPS) is 15.1. The van der Waals surface area contributed by atoms with Crippen LogP contribution in [0.4, 0.5) is 4.39 Å². The number of ether oxygens (including phenoxy) is 1. The minimum atomic E-state index is -0.310. The highest BCUT2D eigenvalue weighted by Gasteiger charge is 2.23. The summed E-state index contributed by atoms with van der Waals surface area (Å²) < 4.78 is 20.0. The summed E-state index contributed by atoms with van der Waals surface area (Å²) in [5.41, 5.74) is 0.397. The van der Waals surface area contributed by atoms with Crippen LogP contribution in [0, 0.1) is 11.7 Å². The number of amides is 1. The van der Waals surface area contributed by atoms with Crippen LogP contribution in [0.1, 0.15) is 18.5 Å². The van der Waals surface area contributed by atoms with E-state index in [4.69, 9.17) is 4.74 Å². The van der Waals surface area contributed by atoms with Crippen LogP contribution in [0.25, 0.3) is 0 Å². The van der Waals surface area contributed by atoms with E-state index in [2.05, 4.69) is 5.10 Å². The van der Waals surface area contributed by atoms with Crippen LogP contribution >= 0.6 is 0 Å². The Morgan fingerprint density at radius 3 is 2.73 bits per heavy atom. The molecule has 0 radical (unpaired) electrons. The summed E-state index contributed by atoms with van der Waals surface area (Å²) in [5, 5.41) is 4.10. The Labute approximate surface area is 151 Å². The van der Waals surface area contributed by atoms with Crippen LogP contribution < -0.4 is 10.3 Å². The topological polar surface area (TPSA) is 64.4 Å². The molecule has 0 aliphatic carbocycles. The maximum atomic E-state index is 13.2. The van der Waals surface area contributed by atoms with E-state index in [-0.39, 0.29) is 23.7 Å². The monoisotopic (exact) mass is 359 g/mol. The maximum absolute atomic E-state index is 13.2. The van der Waals surface area contributed by atoms with E-state index in [0.717, 1.165) is 12.8 Å². The summed E-state index contributed by atoms with van der Waals surface area (Å²) >= 11 is 0. The van der Waals surface area contributed by atoms with Crippen molar-refractivity contribution in [2.45, 2.75) is 19.3 Å². The number of hydrogen-bond acceptors (Lipinski definition) is 4. The number of hydrogen-bond donors (Lipinski definition) is 0. The highest BCUT2D eigenvalue weighted by atomic mass is 19.1. The molecule has 3 rings (SSSR count). The summed E-state index contributed by atoms with van der Waals surface area (Å²) in [7, 11) is 1.57. The summed E-state index contributed by atoms with van der Waals surface area (Å²) in [4.78, 5) is 25.6. The first-order valence-electron chi connectivity index (χ1n) is 8.70. The number of benzene rings is 1. The van der Waals surface area contributed by atoms with Gasteiger partial charge in [0.05, 0.1) is 18.7 Å². The van der Waals surface area contributed by atoms with Gasteiger partial charge in [-0.25, -0.2) is 9.07 Å². The van der Waals surface area contributed by atoms with Crippen molar-refractivity contribution in [2.75, 3.05) is 19.7 Å². The van der Waals surface area contributed by atoms with Gasteiger partial charge in [0, 0.05) is 32.3 Å². The zero-order chi connectivity index (χ0) is 18.5. The van der Waals surface area contributed by atoms with Gasteiger partial charge in [0.15, 0.2) is 0 Å². The van der Waals surface area contributed by atoms with E-state index in [1.165, 1.54) is 22.9 Å². The summed E-state index contributed by atoms with van der Waals surface area (Å²) in [6, 6.07) is 9.14. The van der Waals surface area contributed by atoms with Gasteiger partial charge in [-0.1, -0.05) is 6.07 Å². The lowest BCUT2D eigenvalue weighted by atomic mass is 9.97. The quantitative estimate of drug-likeness (QED) is 0.816. The van der Waals surface area contributed by atoms with Crippen molar-refractivity contribution in [1.29, 1.82) is 0 Å². The minimum Gasteiger partial charge on any atom is -0.493 e. The minimum absolute atomic E-state index is 0.0145. The molecule has 1 aliphatic heterocycles. The number of aryl methyl sites for hydroxylation is 1.